The van der Waals surface area contributed by atoms with Crippen molar-refractivity contribution in [2.75, 3.05) is 40.8 Å². The topological polar surface area (TPSA) is 60.0 Å². The van der Waals surface area contributed by atoms with Crippen LogP contribution in [0, 0.1) is 5.82 Å². The van der Waals surface area contributed by atoms with Crippen molar-refractivity contribution in [3.05, 3.63) is 35.1 Å². The largest absolute Gasteiger partial charge is 0.416 e. The summed E-state index contributed by atoms with van der Waals surface area (Å²) in [5.41, 5.74) is -1.06. The Kier molecular flexibility index (Phi) is 8.45. The number of hydrogen-bond donors (Lipinski definition) is 2. The molecule has 1 unspecified atom stereocenters. The fraction of sp³-hybridized carbons (Fsp3) is 0.600. The van der Waals surface area contributed by atoms with Gasteiger partial charge in [-0.25, -0.2) is 4.39 Å². The molecule has 1 aromatic carbocycles. The van der Waals surface area contributed by atoms with Crippen molar-refractivity contribution >= 4 is 11.9 Å². The van der Waals surface area contributed by atoms with E-state index in [2.05, 4.69) is 20.5 Å². The number of hydrogen-bond acceptors (Lipinski definition) is 3. The predicted molar refractivity (Wildman–Crippen MR) is 108 cm³/mol. The van der Waals surface area contributed by atoms with Crippen LogP contribution in [0.15, 0.2) is 23.2 Å². The second-order valence-corrected chi connectivity index (χ2v) is 7.43. The van der Waals surface area contributed by atoms with Crippen LogP contribution in [-0.4, -0.2) is 68.5 Å². The number of alkyl halides is 3. The Hall–Kier alpha value is -2.36. The number of carbonyl (C=O) groups is 1. The zero-order valence-electron chi connectivity index (χ0n) is 17.5. The molecule has 0 saturated carbocycles. The summed E-state index contributed by atoms with van der Waals surface area (Å²) in [6.07, 6.45) is -2.04. The number of likely N-dealkylation sites (tertiary alicyclic amines) is 1. The molecule has 1 amide bonds. The van der Waals surface area contributed by atoms with Gasteiger partial charge in [-0.3, -0.25) is 14.7 Å². The highest BCUT2D eigenvalue weighted by atomic mass is 19.4. The molecular weight excluding hydrogens is 402 g/mol. The van der Waals surface area contributed by atoms with Gasteiger partial charge in [-0.15, -0.1) is 0 Å². The molecule has 2 N–H and O–H groups in total. The van der Waals surface area contributed by atoms with Crippen LogP contribution in [-0.2, 0) is 17.5 Å². The summed E-state index contributed by atoms with van der Waals surface area (Å²) >= 11 is 0. The van der Waals surface area contributed by atoms with Gasteiger partial charge in [-0.2, -0.15) is 13.2 Å². The van der Waals surface area contributed by atoms with Crippen molar-refractivity contribution in [3.63, 3.8) is 0 Å². The number of amides is 1. The van der Waals surface area contributed by atoms with Crippen LogP contribution in [0.1, 0.15) is 30.4 Å². The van der Waals surface area contributed by atoms with Gasteiger partial charge in [0.05, 0.1) is 11.6 Å². The van der Waals surface area contributed by atoms with Gasteiger partial charge < -0.3 is 15.5 Å². The molecule has 10 heteroatoms. The lowest BCUT2D eigenvalue weighted by Gasteiger charge is -2.26. The third-order valence-electron chi connectivity index (χ3n) is 5.05. The molecule has 6 nitrogen and oxygen atoms in total. The van der Waals surface area contributed by atoms with Crippen LogP contribution < -0.4 is 10.6 Å². The highest BCUT2D eigenvalue weighted by Gasteiger charge is 2.34. The van der Waals surface area contributed by atoms with Gasteiger partial charge in [0, 0.05) is 40.8 Å². The fourth-order valence-corrected chi connectivity index (χ4v) is 3.53. The molecule has 0 aromatic heterocycles. The van der Waals surface area contributed by atoms with E-state index >= 15 is 0 Å². The van der Waals surface area contributed by atoms with E-state index in [1.54, 1.807) is 19.0 Å². The Morgan fingerprint density at radius 2 is 2.03 bits per heavy atom. The normalized spacial score (nSPS) is 17.8. The van der Waals surface area contributed by atoms with Crippen LogP contribution >= 0.6 is 0 Å². The van der Waals surface area contributed by atoms with Crippen molar-refractivity contribution in [2.45, 2.75) is 38.0 Å². The molecular formula is C20H29F4N5O. The molecule has 1 aromatic rings. The van der Waals surface area contributed by atoms with Crippen LogP contribution in [0.5, 0.6) is 0 Å². The summed E-state index contributed by atoms with van der Waals surface area (Å²) in [6, 6.07) is 2.53. The minimum absolute atomic E-state index is 0.0612. The standard InChI is InChI=1S/C20H29F4N5O/c1-25-19(27-13-14-7-8-15(21)12-16(14)20(22,23)24)26-9-5-11-29-10-4-6-17(29)18(30)28(2)3/h7-8,12,17H,4-6,9-11,13H2,1-3H3,(H2,25,26,27). The molecule has 1 atom stereocenters. The number of aliphatic imine (C=N–C) groups is 1. The number of guanidine groups is 1. The van der Waals surface area contributed by atoms with E-state index in [1.807, 2.05) is 0 Å². The van der Waals surface area contributed by atoms with Gasteiger partial charge >= 0.3 is 6.18 Å². The Morgan fingerprint density at radius 3 is 2.67 bits per heavy atom. The first-order valence-corrected chi connectivity index (χ1v) is 9.89. The van der Waals surface area contributed by atoms with Gasteiger partial charge in [0.2, 0.25) is 5.91 Å². The molecule has 1 aliphatic rings. The molecule has 0 spiro atoms. The molecule has 1 heterocycles. The summed E-state index contributed by atoms with van der Waals surface area (Å²) in [5.74, 6) is -0.464. The zero-order chi connectivity index (χ0) is 22.3. The number of nitrogens with one attached hydrogen (secondary N) is 2. The van der Waals surface area contributed by atoms with Gasteiger partial charge in [0.1, 0.15) is 5.82 Å². The smallest absolute Gasteiger partial charge is 0.356 e. The maximum atomic E-state index is 13.2. The molecule has 1 saturated heterocycles. The summed E-state index contributed by atoms with van der Waals surface area (Å²) in [6.45, 7) is 2.03. The van der Waals surface area contributed by atoms with Crippen molar-refractivity contribution in [3.8, 4) is 0 Å². The van der Waals surface area contributed by atoms with Crippen molar-refractivity contribution in [1.82, 2.24) is 20.4 Å². The summed E-state index contributed by atoms with van der Waals surface area (Å²) in [4.78, 5) is 20.0. The second-order valence-electron chi connectivity index (χ2n) is 7.43. The second kappa shape index (κ2) is 10.6. The van der Waals surface area contributed by atoms with E-state index in [-0.39, 0.29) is 24.1 Å². The lowest BCUT2D eigenvalue weighted by molar-refractivity contribution is -0.138. The summed E-state index contributed by atoms with van der Waals surface area (Å²) < 4.78 is 52.5. The molecule has 30 heavy (non-hydrogen) atoms. The first kappa shape index (κ1) is 23.9. The monoisotopic (exact) mass is 431 g/mol. The third-order valence-corrected chi connectivity index (χ3v) is 5.05. The molecule has 0 radical (unpaired) electrons. The van der Waals surface area contributed by atoms with Crippen LogP contribution in [0.3, 0.4) is 0 Å². The first-order valence-electron chi connectivity index (χ1n) is 9.89. The van der Waals surface area contributed by atoms with E-state index in [0.717, 1.165) is 44.5 Å². The van der Waals surface area contributed by atoms with Crippen molar-refractivity contribution < 1.29 is 22.4 Å². The summed E-state index contributed by atoms with van der Waals surface area (Å²) in [7, 11) is 5.03. The van der Waals surface area contributed by atoms with Crippen LogP contribution in [0.4, 0.5) is 17.6 Å². The SMILES string of the molecule is CN=C(NCCCN1CCCC1C(=O)N(C)C)NCc1ccc(F)cc1C(F)(F)F. The Labute approximate surface area is 174 Å². The minimum Gasteiger partial charge on any atom is -0.356 e. The number of benzene rings is 1. The molecule has 1 aliphatic heterocycles. The number of halogens is 4. The lowest BCUT2D eigenvalue weighted by atomic mass is 10.1. The number of rotatable bonds is 7. The average molecular weight is 431 g/mol. The van der Waals surface area contributed by atoms with E-state index in [9.17, 15) is 22.4 Å². The van der Waals surface area contributed by atoms with Gasteiger partial charge in [0.25, 0.3) is 0 Å². The summed E-state index contributed by atoms with van der Waals surface area (Å²) in [5, 5.41) is 5.89. The minimum atomic E-state index is -4.63. The molecule has 0 aliphatic carbocycles. The quantitative estimate of drug-likeness (QED) is 0.301. The number of carbonyl (C=O) groups excluding carboxylic acids is 1. The number of nitrogens with zero attached hydrogens (tertiary/aromatic N) is 3. The predicted octanol–water partition coefficient (Wildman–Crippen LogP) is 2.45. The Bertz CT molecular complexity index is 751. The van der Waals surface area contributed by atoms with E-state index in [1.165, 1.54) is 7.05 Å². The molecule has 0 bridgehead atoms. The fourth-order valence-electron chi connectivity index (χ4n) is 3.53. The maximum Gasteiger partial charge on any atom is 0.416 e. The Morgan fingerprint density at radius 1 is 1.30 bits per heavy atom. The Balaban J connectivity index is 1.82. The average Bonchev–Trinajstić information content (AvgIpc) is 3.15. The third kappa shape index (κ3) is 6.58. The first-order chi connectivity index (χ1) is 14.1. The zero-order valence-corrected chi connectivity index (χ0v) is 17.5. The van der Waals surface area contributed by atoms with Crippen molar-refractivity contribution in [2.24, 2.45) is 4.99 Å². The maximum absolute atomic E-state index is 13.2. The van der Waals surface area contributed by atoms with E-state index in [4.69, 9.17) is 0 Å². The number of likely N-dealkylation sites (N-methyl/N-ethyl adjacent to an activating group) is 1. The van der Waals surface area contributed by atoms with Gasteiger partial charge in [0.15, 0.2) is 5.96 Å². The molecule has 168 valence electrons. The molecule has 2 rings (SSSR count). The van der Waals surface area contributed by atoms with E-state index in [0.29, 0.717) is 18.6 Å². The van der Waals surface area contributed by atoms with Crippen molar-refractivity contribution in [1.29, 1.82) is 0 Å². The highest BCUT2D eigenvalue weighted by molar-refractivity contribution is 5.81. The van der Waals surface area contributed by atoms with Crippen LogP contribution in [0.2, 0.25) is 0 Å². The highest BCUT2D eigenvalue weighted by Crippen LogP contribution is 2.32. The van der Waals surface area contributed by atoms with Crippen LogP contribution in [0.25, 0.3) is 0 Å². The van der Waals surface area contributed by atoms with E-state index < -0.39 is 17.6 Å². The molecule has 1 fully saturated rings. The van der Waals surface area contributed by atoms with Gasteiger partial charge in [-0.05, 0) is 43.5 Å². The van der Waals surface area contributed by atoms with Gasteiger partial charge in [-0.1, -0.05) is 6.07 Å². The lowest BCUT2D eigenvalue weighted by Crippen LogP contribution is -2.44.